The molecule has 1 aromatic heterocycles. The molecular weight excluding hydrogens is 432 g/mol. The minimum atomic E-state index is -0.549. The highest BCUT2D eigenvalue weighted by molar-refractivity contribution is 5.97. The number of aromatic amines is 1. The van der Waals surface area contributed by atoms with Crippen LogP contribution in [0.1, 0.15) is 16.8 Å². The maximum atomic E-state index is 12.9. The molecule has 1 aliphatic heterocycles. The SMILES string of the molecule is COc1ccc(N2CCC(NC(=O)c3ccc4c(=O)n(-c5ccccc5)c(=O)[nH]c4c3)C2)cc1. The molecule has 0 radical (unpaired) electrons. The number of ether oxygens (including phenoxy) is 1. The summed E-state index contributed by atoms with van der Waals surface area (Å²) in [6.07, 6.45) is 0.823. The number of rotatable bonds is 5. The summed E-state index contributed by atoms with van der Waals surface area (Å²) in [6.45, 7) is 1.53. The van der Waals surface area contributed by atoms with Gasteiger partial charge in [0.1, 0.15) is 5.75 Å². The first-order valence-electron chi connectivity index (χ1n) is 11.1. The van der Waals surface area contributed by atoms with Crippen LogP contribution in [0.3, 0.4) is 0 Å². The van der Waals surface area contributed by atoms with Gasteiger partial charge in [0.05, 0.1) is 23.7 Å². The molecule has 8 nitrogen and oxygen atoms in total. The molecular formula is C26H24N4O4. The first-order chi connectivity index (χ1) is 16.5. The van der Waals surface area contributed by atoms with Crippen LogP contribution in [0, 0.1) is 0 Å². The lowest BCUT2D eigenvalue weighted by Crippen LogP contribution is -2.37. The molecule has 172 valence electrons. The second kappa shape index (κ2) is 8.90. The van der Waals surface area contributed by atoms with Crippen LogP contribution < -0.4 is 26.2 Å². The predicted molar refractivity (Wildman–Crippen MR) is 131 cm³/mol. The van der Waals surface area contributed by atoms with Gasteiger partial charge < -0.3 is 19.9 Å². The average molecular weight is 457 g/mol. The topological polar surface area (TPSA) is 96.4 Å². The zero-order valence-corrected chi connectivity index (χ0v) is 18.7. The van der Waals surface area contributed by atoms with Crippen molar-refractivity contribution in [1.82, 2.24) is 14.9 Å². The summed E-state index contributed by atoms with van der Waals surface area (Å²) in [4.78, 5) is 43.4. The second-order valence-electron chi connectivity index (χ2n) is 8.27. The third-order valence-corrected chi connectivity index (χ3v) is 6.14. The van der Waals surface area contributed by atoms with Gasteiger partial charge in [-0.3, -0.25) is 9.59 Å². The van der Waals surface area contributed by atoms with E-state index in [1.54, 1.807) is 49.6 Å². The van der Waals surface area contributed by atoms with Gasteiger partial charge in [0, 0.05) is 30.4 Å². The van der Waals surface area contributed by atoms with Gasteiger partial charge in [-0.05, 0) is 61.0 Å². The molecule has 3 aromatic carbocycles. The number of hydrogen-bond donors (Lipinski definition) is 2. The molecule has 0 bridgehead atoms. The van der Waals surface area contributed by atoms with E-state index in [1.165, 1.54) is 0 Å². The Labute approximate surface area is 195 Å². The minimum absolute atomic E-state index is 0.00423. The Hall–Kier alpha value is -4.33. The quantitative estimate of drug-likeness (QED) is 0.481. The first-order valence-corrected chi connectivity index (χ1v) is 11.1. The predicted octanol–water partition coefficient (Wildman–Crippen LogP) is 2.70. The van der Waals surface area contributed by atoms with Crippen LogP contribution >= 0.6 is 0 Å². The number of methoxy groups -OCH3 is 1. The molecule has 1 atom stereocenters. The van der Waals surface area contributed by atoms with Crippen LogP contribution in [0.4, 0.5) is 5.69 Å². The smallest absolute Gasteiger partial charge is 0.333 e. The highest BCUT2D eigenvalue weighted by Gasteiger charge is 2.25. The molecule has 4 aromatic rings. The van der Waals surface area contributed by atoms with Crippen LogP contribution in [-0.2, 0) is 0 Å². The fraction of sp³-hybridized carbons (Fsp3) is 0.192. The van der Waals surface area contributed by atoms with Crippen molar-refractivity contribution in [3.05, 3.63) is 99.2 Å². The summed E-state index contributed by atoms with van der Waals surface area (Å²) in [6, 6.07) is 21.3. The third-order valence-electron chi connectivity index (χ3n) is 6.14. The number of para-hydroxylation sites is 1. The molecule has 1 fully saturated rings. The summed E-state index contributed by atoms with van der Waals surface area (Å²) in [5.41, 5.74) is 1.31. The molecule has 5 rings (SSSR count). The van der Waals surface area contributed by atoms with Crippen LogP contribution in [-0.4, -0.2) is 41.7 Å². The zero-order valence-electron chi connectivity index (χ0n) is 18.7. The molecule has 2 heterocycles. The number of H-pyrrole nitrogens is 1. The van der Waals surface area contributed by atoms with Crippen molar-refractivity contribution in [3.63, 3.8) is 0 Å². The number of aromatic nitrogens is 2. The Morgan fingerprint density at radius 2 is 1.76 bits per heavy atom. The van der Waals surface area contributed by atoms with Gasteiger partial charge in [0.25, 0.3) is 11.5 Å². The molecule has 1 amide bonds. The molecule has 1 aliphatic rings. The third kappa shape index (κ3) is 4.05. The van der Waals surface area contributed by atoms with Crippen LogP contribution in [0.25, 0.3) is 16.6 Å². The van der Waals surface area contributed by atoms with Gasteiger partial charge in [0.15, 0.2) is 0 Å². The van der Waals surface area contributed by atoms with Crippen molar-refractivity contribution in [3.8, 4) is 11.4 Å². The van der Waals surface area contributed by atoms with Crippen LogP contribution in [0.2, 0.25) is 0 Å². The summed E-state index contributed by atoms with van der Waals surface area (Å²) in [5, 5.41) is 3.41. The van der Waals surface area contributed by atoms with Crippen molar-refractivity contribution in [2.75, 3.05) is 25.1 Å². The number of hydrogen-bond acceptors (Lipinski definition) is 5. The second-order valence-corrected chi connectivity index (χ2v) is 8.27. The van der Waals surface area contributed by atoms with E-state index in [2.05, 4.69) is 15.2 Å². The Morgan fingerprint density at radius 3 is 2.50 bits per heavy atom. The standard InChI is InChI=1S/C26H24N4O4/c1-34-21-10-8-19(9-11-21)29-14-13-18(16-29)27-24(31)17-7-12-22-23(15-17)28-26(33)30(25(22)32)20-5-3-2-4-6-20/h2-12,15,18H,13-14,16H2,1H3,(H,27,31)(H,28,33). The minimum Gasteiger partial charge on any atom is -0.497 e. The summed E-state index contributed by atoms with van der Waals surface area (Å²) >= 11 is 0. The Balaban J connectivity index is 1.34. The highest BCUT2D eigenvalue weighted by atomic mass is 16.5. The van der Waals surface area contributed by atoms with Gasteiger partial charge >= 0.3 is 5.69 Å². The molecule has 8 heteroatoms. The highest BCUT2D eigenvalue weighted by Crippen LogP contribution is 2.23. The van der Waals surface area contributed by atoms with E-state index in [0.717, 1.165) is 29.0 Å². The van der Waals surface area contributed by atoms with Crippen molar-refractivity contribution < 1.29 is 9.53 Å². The fourth-order valence-electron chi connectivity index (χ4n) is 4.35. The molecule has 1 saturated heterocycles. The fourth-order valence-corrected chi connectivity index (χ4v) is 4.35. The number of carbonyl (C=O) groups excluding carboxylic acids is 1. The average Bonchev–Trinajstić information content (AvgIpc) is 3.33. The van der Waals surface area contributed by atoms with Crippen LogP contribution in [0.15, 0.2) is 82.4 Å². The number of nitrogens with zero attached hydrogens (tertiary/aromatic N) is 2. The van der Waals surface area contributed by atoms with Crippen molar-refractivity contribution >= 4 is 22.5 Å². The molecule has 34 heavy (non-hydrogen) atoms. The summed E-state index contributed by atoms with van der Waals surface area (Å²) in [5.74, 6) is 0.564. The summed E-state index contributed by atoms with van der Waals surface area (Å²) in [7, 11) is 1.64. The number of benzene rings is 3. The largest absolute Gasteiger partial charge is 0.497 e. The van der Waals surface area contributed by atoms with E-state index in [0.29, 0.717) is 28.7 Å². The Kier molecular flexibility index (Phi) is 5.63. The molecule has 0 aliphatic carbocycles. The van der Waals surface area contributed by atoms with Crippen molar-refractivity contribution in [2.24, 2.45) is 0 Å². The maximum absolute atomic E-state index is 12.9. The van der Waals surface area contributed by atoms with Gasteiger partial charge in [-0.25, -0.2) is 9.36 Å². The lowest BCUT2D eigenvalue weighted by atomic mass is 10.1. The molecule has 2 N–H and O–H groups in total. The first kappa shape index (κ1) is 21.5. The van der Waals surface area contributed by atoms with Gasteiger partial charge in [-0.15, -0.1) is 0 Å². The zero-order chi connectivity index (χ0) is 23.7. The number of amides is 1. The lowest BCUT2D eigenvalue weighted by molar-refractivity contribution is 0.0940. The molecule has 1 unspecified atom stereocenters. The summed E-state index contributed by atoms with van der Waals surface area (Å²) < 4.78 is 6.30. The van der Waals surface area contributed by atoms with Crippen molar-refractivity contribution in [2.45, 2.75) is 12.5 Å². The Morgan fingerprint density at radius 1 is 1.00 bits per heavy atom. The van der Waals surface area contributed by atoms with Gasteiger partial charge in [-0.2, -0.15) is 0 Å². The van der Waals surface area contributed by atoms with E-state index in [9.17, 15) is 14.4 Å². The number of nitrogens with one attached hydrogen (secondary N) is 2. The lowest BCUT2D eigenvalue weighted by Gasteiger charge is -2.19. The van der Waals surface area contributed by atoms with Crippen molar-refractivity contribution in [1.29, 1.82) is 0 Å². The van der Waals surface area contributed by atoms with E-state index in [1.807, 2.05) is 30.3 Å². The van der Waals surface area contributed by atoms with Gasteiger partial charge in [-0.1, -0.05) is 18.2 Å². The molecule has 0 saturated carbocycles. The molecule has 0 spiro atoms. The normalized spacial score (nSPS) is 15.4. The monoisotopic (exact) mass is 456 g/mol. The van der Waals surface area contributed by atoms with Gasteiger partial charge in [0.2, 0.25) is 0 Å². The van der Waals surface area contributed by atoms with E-state index >= 15 is 0 Å². The van der Waals surface area contributed by atoms with Crippen LogP contribution in [0.5, 0.6) is 5.75 Å². The number of carbonyl (C=O) groups is 1. The van der Waals surface area contributed by atoms with E-state index < -0.39 is 11.2 Å². The number of anilines is 1. The van der Waals surface area contributed by atoms with E-state index in [4.69, 9.17) is 4.74 Å². The van der Waals surface area contributed by atoms with E-state index in [-0.39, 0.29) is 11.9 Å². The Bertz CT molecular complexity index is 1460. The number of fused-ring (bicyclic) bond motifs is 1. The maximum Gasteiger partial charge on any atom is 0.333 e.